The molecule has 0 unspecified atom stereocenters. The molecule has 0 atom stereocenters. The lowest BCUT2D eigenvalue weighted by Crippen LogP contribution is -2.07. The highest BCUT2D eigenvalue weighted by Crippen LogP contribution is 2.31. The van der Waals surface area contributed by atoms with E-state index in [2.05, 4.69) is 15.5 Å². The molecule has 19 heavy (non-hydrogen) atoms. The van der Waals surface area contributed by atoms with Crippen LogP contribution in [0.4, 0.5) is 11.4 Å². The van der Waals surface area contributed by atoms with Gasteiger partial charge in [0.05, 0.1) is 17.6 Å². The summed E-state index contributed by atoms with van der Waals surface area (Å²) in [4.78, 5) is 0. The van der Waals surface area contributed by atoms with Crippen molar-refractivity contribution in [2.75, 3.05) is 23.3 Å². The van der Waals surface area contributed by atoms with Crippen LogP contribution in [0.5, 0.6) is 0 Å². The van der Waals surface area contributed by atoms with E-state index in [4.69, 9.17) is 5.73 Å². The minimum atomic E-state index is 0.787. The molecule has 104 valence electrons. The van der Waals surface area contributed by atoms with E-state index in [1.165, 1.54) is 0 Å². The fourth-order valence-electron chi connectivity index (χ4n) is 1.66. The Bertz CT molecular complexity index is 522. The molecule has 0 saturated heterocycles. The predicted molar refractivity (Wildman–Crippen MR) is 86.3 cm³/mol. The van der Waals surface area contributed by atoms with Crippen LogP contribution in [0.2, 0.25) is 0 Å². The van der Waals surface area contributed by atoms with Crippen molar-refractivity contribution in [1.82, 2.24) is 9.78 Å². The first-order valence-electron chi connectivity index (χ1n) is 6.28. The third kappa shape index (κ3) is 3.67. The van der Waals surface area contributed by atoms with Gasteiger partial charge in [-0.25, -0.2) is 0 Å². The predicted octanol–water partition coefficient (Wildman–Crippen LogP) is 3.41. The fourth-order valence-corrected chi connectivity index (χ4v) is 2.02. The molecule has 5 heteroatoms. The van der Waals surface area contributed by atoms with E-state index in [9.17, 15) is 0 Å². The molecule has 0 spiro atoms. The average Bonchev–Trinajstić information content (AvgIpc) is 2.87. The molecule has 0 saturated carbocycles. The highest BCUT2D eigenvalue weighted by Gasteiger charge is 2.07. The molecule has 0 aliphatic carbocycles. The molecular formula is C14H22N4S. The Balaban J connectivity index is 0.000000861. The van der Waals surface area contributed by atoms with Gasteiger partial charge in [-0.1, -0.05) is 31.9 Å². The second-order valence-electron chi connectivity index (χ2n) is 3.86. The lowest BCUT2D eigenvalue weighted by atomic mass is 10.1. The Kier molecular flexibility index (Phi) is 5.76. The molecule has 0 bridgehead atoms. The maximum Gasteiger partial charge on any atom is 0.0702 e. The Morgan fingerprint density at radius 3 is 2.47 bits per heavy atom. The highest BCUT2D eigenvalue weighted by atomic mass is 32.2. The smallest absolute Gasteiger partial charge is 0.0702 e. The summed E-state index contributed by atoms with van der Waals surface area (Å²) in [6.45, 7) is 4.00. The van der Waals surface area contributed by atoms with E-state index in [-0.39, 0.29) is 0 Å². The van der Waals surface area contributed by atoms with Crippen molar-refractivity contribution in [2.24, 2.45) is 7.05 Å². The van der Waals surface area contributed by atoms with Gasteiger partial charge in [0.25, 0.3) is 0 Å². The molecular weight excluding hydrogens is 256 g/mol. The summed E-state index contributed by atoms with van der Waals surface area (Å²) in [6, 6.07) is 6.04. The highest BCUT2D eigenvalue weighted by molar-refractivity contribution is 7.99. The van der Waals surface area contributed by atoms with Crippen LogP contribution >= 0.6 is 11.9 Å². The maximum atomic E-state index is 5.97. The van der Waals surface area contributed by atoms with Gasteiger partial charge in [0.1, 0.15) is 0 Å². The number of anilines is 2. The number of nitrogens with two attached hydrogens (primary N) is 1. The Hall–Kier alpha value is -1.62. The van der Waals surface area contributed by atoms with Crippen LogP contribution in [-0.4, -0.2) is 23.1 Å². The minimum absolute atomic E-state index is 0.787. The molecule has 0 fully saturated rings. The SMILES string of the molecule is CC.CSN(C)c1cc(-c2cnn(C)c2)ccc1N. The van der Waals surface area contributed by atoms with Crippen molar-refractivity contribution in [3.05, 3.63) is 30.6 Å². The third-order valence-electron chi connectivity index (χ3n) is 2.68. The van der Waals surface area contributed by atoms with Gasteiger partial charge in [-0.05, 0) is 17.7 Å². The van der Waals surface area contributed by atoms with Crippen LogP contribution in [-0.2, 0) is 7.05 Å². The monoisotopic (exact) mass is 278 g/mol. The topological polar surface area (TPSA) is 47.1 Å². The molecule has 2 rings (SSSR count). The van der Waals surface area contributed by atoms with E-state index in [1.54, 1.807) is 16.6 Å². The largest absolute Gasteiger partial charge is 0.397 e. The molecule has 2 N–H and O–H groups in total. The minimum Gasteiger partial charge on any atom is -0.397 e. The zero-order valence-corrected chi connectivity index (χ0v) is 13.0. The lowest BCUT2D eigenvalue weighted by Gasteiger charge is -2.18. The molecule has 1 aromatic heterocycles. The van der Waals surface area contributed by atoms with Crippen LogP contribution in [0.3, 0.4) is 0 Å². The van der Waals surface area contributed by atoms with Crippen molar-refractivity contribution < 1.29 is 0 Å². The number of benzene rings is 1. The van der Waals surface area contributed by atoms with Crippen molar-refractivity contribution in [1.29, 1.82) is 0 Å². The van der Waals surface area contributed by atoms with Crippen molar-refractivity contribution in [3.63, 3.8) is 0 Å². The summed E-state index contributed by atoms with van der Waals surface area (Å²) in [6.07, 6.45) is 5.87. The molecule has 4 nitrogen and oxygen atoms in total. The first-order chi connectivity index (χ1) is 9.11. The van der Waals surface area contributed by atoms with Gasteiger partial charge in [0, 0.05) is 32.1 Å². The molecule has 0 radical (unpaired) electrons. The molecule has 0 aliphatic rings. The zero-order chi connectivity index (χ0) is 14.4. The molecule has 2 aromatic rings. The van der Waals surface area contributed by atoms with Gasteiger partial charge >= 0.3 is 0 Å². The number of rotatable bonds is 3. The average molecular weight is 278 g/mol. The van der Waals surface area contributed by atoms with Crippen molar-refractivity contribution in [2.45, 2.75) is 13.8 Å². The van der Waals surface area contributed by atoms with Crippen LogP contribution < -0.4 is 10.0 Å². The Morgan fingerprint density at radius 1 is 1.26 bits per heavy atom. The first kappa shape index (κ1) is 15.4. The fraction of sp³-hybridized carbons (Fsp3) is 0.357. The maximum absolute atomic E-state index is 5.97. The summed E-state index contributed by atoms with van der Waals surface area (Å²) in [5.41, 5.74) is 10.0. The summed E-state index contributed by atoms with van der Waals surface area (Å²) < 4.78 is 3.85. The number of aromatic nitrogens is 2. The van der Waals surface area contributed by atoms with Crippen LogP contribution in [0.1, 0.15) is 13.8 Å². The Labute approximate surface area is 119 Å². The number of hydrogen-bond donors (Lipinski definition) is 1. The summed E-state index contributed by atoms with van der Waals surface area (Å²) in [5.74, 6) is 0. The first-order valence-corrected chi connectivity index (χ1v) is 7.46. The number of nitrogens with zero attached hydrogens (tertiary/aromatic N) is 3. The lowest BCUT2D eigenvalue weighted by molar-refractivity contribution is 0.768. The van der Waals surface area contributed by atoms with Gasteiger partial charge in [-0.2, -0.15) is 5.10 Å². The third-order valence-corrected chi connectivity index (χ3v) is 3.43. The van der Waals surface area contributed by atoms with E-state index >= 15 is 0 Å². The zero-order valence-electron chi connectivity index (χ0n) is 12.2. The van der Waals surface area contributed by atoms with Crippen molar-refractivity contribution >= 4 is 23.3 Å². The molecule has 0 aliphatic heterocycles. The Morgan fingerprint density at radius 2 is 1.95 bits per heavy atom. The number of hydrogen-bond acceptors (Lipinski definition) is 4. The van der Waals surface area contributed by atoms with Crippen LogP contribution in [0, 0.1) is 0 Å². The van der Waals surface area contributed by atoms with Gasteiger partial charge < -0.3 is 10.0 Å². The second kappa shape index (κ2) is 7.09. The van der Waals surface area contributed by atoms with Gasteiger partial charge in [0.2, 0.25) is 0 Å². The second-order valence-corrected chi connectivity index (χ2v) is 4.77. The van der Waals surface area contributed by atoms with Gasteiger partial charge in [-0.15, -0.1) is 0 Å². The number of aryl methyl sites for hydroxylation is 1. The van der Waals surface area contributed by atoms with Crippen LogP contribution in [0.25, 0.3) is 11.1 Å². The van der Waals surface area contributed by atoms with E-state index in [0.717, 1.165) is 22.5 Å². The normalized spacial score (nSPS) is 9.74. The molecule has 1 heterocycles. The molecule has 0 amide bonds. The van der Waals surface area contributed by atoms with E-state index in [1.807, 2.05) is 58.7 Å². The van der Waals surface area contributed by atoms with Crippen molar-refractivity contribution in [3.8, 4) is 11.1 Å². The van der Waals surface area contributed by atoms with Crippen LogP contribution in [0.15, 0.2) is 30.6 Å². The van der Waals surface area contributed by atoms with E-state index in [0.29, 0.717) is 0 Å². The van der Waals surface area contributed by atoms with Gasteiger partial charge in [0.15, 0.2) is 0 Å². The summed E-state index contributed by atoms with van der Waals surface area (Å²) in [7, 11) is 3.92. The summed E-state index contributed by atoms with van der Waals surface area (Å²) >= 11 is 1.63. The molecule has 1 aromatic carbocycles. The summed E-state index contributed by atoms with van der Waals surface area (Å²) in [5, 5.41) is 4.18. The standard InChI is InChI=1S/C12H16N4S.C2H6/c1-15-8-10(7-14-15)9-4-5-11(13)12(6-9)16(2)17-3;1-2/h4-8H,13H2,1-3H3;1-2H3. The van der Waals surface area contributed by atoms with Gasteiger partial charge in [-0.3, -0.25) is 4.68 Å². The van der Waals surface area contributed by atoms with E-state index < -0.39 is 0 Å². The number of nitrogen functional groups attached to an aromatic ring is 1. The quantitative estimate of drug-likeness (QED) is 0.690.